The molecule has 9 nitrogen and oxygen atoms in total. The summed E-state index contributed by atoms with van der Waals surface area (Å²) in [5.74, 6) is -0.806. The lowest BCUT2D eigenvalue weighted by Gasteiger charge is -2.19. The van der Waals surface area contributed by atoms with E-state index in [4.69, 9.17) is 24.3 Å². The van der Waals surface area contributed by atoms with Gasteiger partial charge in [-0.25, -0.2) is 4.57 Å². The second-order valence-electron chi connectivity index (χ2n) is 24.1. The quantitative estimate of drug-likeness (QED) is 0.0264. The standard InChI is InChI=1S/C69H136NO8P/c1-3-5-7-9-11-13-15-17-19-21-23-25-26-27-28-29-30-31-32-33-34-35-36-37-38-39-40-42-43-45-47-49-51-53-55-57-59-61-68(71)75-65-67(66-77-79(73,74)76-64-63-70)78-69(72)62-60-58-56-54-52-50-48-46-44-41-24-22-20-18-16-14-12-10-8-6-4-2/h22,24,67H,3-21,23,25-66,70H2,1-2H3,(H,73,74)/b24-22-. The minimum atomic E-state index is -4.39. The van der Waals surface area contributed by atoms with E-state index in [2.05, 4.69) is 26.0 Å². The Bertz CT molecular complexity index is 1300. The topological polar surface area (TPSA) is 134 Å². The Hall–Kier alpha value is -1.25. The minimum Gasteiger partial charge on any atom is -0.462 e. The van der Waals surface area contributed by atoms with Crippen LogP contribution in [0.4, 0.5) is 0 Å². The maximum atomic E-state index is 12.7. The Morgan fingerprint density at radius 1 is 0.367 bits per heavy atom. The Morgan fingerprint density at radius 3 is 0.899 bits per heavy atom. The Balaban J connectivity index is 3.75. The summed E-state index contributed by atoms with van der Waals surface area (Å²) in [7, 11) is -4.39. The molecule has 0 bridgehead atoms. The summed E-state index contributed by atoms with van der Waals surface area (Å²) >= 11 is 0. The Morgan fingerprint density at radius 2 is 0.620 bits per heavy atom. The lowest BCUT2D eigenvalue weighted by molar-refractivity contribution is -0.161. The second-order valence-corrected chi connectivity index (χ2v) is 25.6. The molecule has 0 amide bonds. The number of esters is 2. The van der Waals surface area contributed by atoms with Crippen LogP contribution in [0.1, 0.15) is 386 Å². The highest BCUT2D eigenvalue weighted by atomic mass is 31.2. The maximum Gasteiger partial charge on any atom is 0.472 e. The van der Waals surface area contributed by atoms with E-state index in [0.717, 1.165) is 38.5 Å². The molecular formula is C69H136NO8P. The molecule has 79 heavy (non-hydrogen) atoms. The number of phosphoric ester groups is 1. The summed E-state index contributed by atoms with van der Waals surface area (Å²) in [4.78, 5) is 35.3. The predicted octanol–water partition coefficient (Wildman–Crippen LogP) is 22.8. The van der Waals surface area contributed by atoms with Gasteiger partial charge < -0.3 is 20.1 Å². The van der Waals surface area contributed by atoms with Crippen LogP contribution < -0.4 is 5.73 Å². The summed E-state index contributed by atoms with van der Waals surface area (Å²) in [6.45, 7) is 3.82. The number of hydrogen-bond acceptors (Lipinski definition) is 8. The normalized spacial score (nSPS) is 12.9. The van der Waals surface area contributed by atoms with Gasteiger partial charge in [-0.3, -0.25) is 18.6 Å². The van der Waals surface area contributed by atoms with Gasteiger partial charge in [0, 0.05) is 19.4 Å². The molecule has 0 aromatic heterocycles. The molecule has 0 aromatic carbocycles. The van der Waals surface area contributed by atoms with E-state index < -0.39 is 26.5 Å². The molecule has 0 saturated carbocycles. The molecule has 0 aliphatic carbocycles. The Labute approximate surface area is 491 Å². The van der Waals surface area contributed by atoms with Crippen molar-refractivity contribution < 1.29 is 37.6 Å². The zero-order chi connectivity index (χ0) is 57.3. The van der Waals surface area contributed by atoms with Gasteiger partial charge in [-0.2, -0.15) is 0 Å². The maximum absolute atomic E-state index is 12.7. The highest BCUT2D eigenvalue weighted by Gasteiger charge is 2.26. The van der Waals surface area contributed by atoms with Crippen molar-refractivity contribution in [2.75, 3.05) is 26.4 Å². The smallest absolute Gasteiger partial charge is 0.462 e. The molecule has 0 heterocycles. The zero-order valence-electron chi connectivity index (χ0n) is 52.9. The van der Waals surface area contributed by atoms with Crippen LogP contribution in [0.5, 0.6) is 0 Å². The third kappa shape index (κ3) is 65.8. The lowest BCUT2D eigenvalue weighted by Crippen LogP contribution is -2.29. The number of allylic oxidation sites excluding steroid dienone is 2. The number of unbranched alkanes of at least 4 members (excludes halogenated alkanes) is 53. The van der Waals surface area contributed by atoms with Crippen LogP contribution in [0.25, 0.3) is 0 Å². The van der Waals surface area contributed by atoms with Gasteiger partial charge >= 0.3 is 19.8 Å². The van der Waals surface area contributed by atoms with E-state index in [9.17, 15) is 19.0 Å². The predicted molar refractivity (Wildman–Crippen MR) is 340 cm³/mol. The van der Waals surface area contributed by atoms with Gasteiger partial charge in [0.05, 0.1) is 13.2 Å². The number of rotatable bonds is 68. The largest absolute Gasteiger partial charge is 0.472 e. The third-order valence-electron chi connectivity index (χ3n) is 16.2. The van der Waals surface area contributed by atoms with Gasteiger partial charge in [0.25, 0.3) is 0 Å². The number of phosphoric acid groups is 1. The first-order valence-corrected chi connectivity index (χ1v) is 36.7. The van der Waals surface area contributed by atoms with Crippen molar-refractivity contribution in [2.24, 2.45) is 5.73 Å². The molecule has 0 aromatic rings. The van der Waals surface area contributed by atoms with Gasteiger partial charge in [0.15, 0.2) is 6.10 Å². The number of carbonyl (C=O) groups excluding carboxylic acids is 2. The van der Waals surface area contributed by atoms with Crippen molar-refractivity contribution in [3.8, 4) is 0 Å². The highest BCUT2D eigenvalue weighted by Crippen LogP contribution is 2.43. The van der Waals surface area contributed by atoms with E-state index in [-0.39, 0.29) is 38.6 Å². The van der Waals surface area contributed by atoms with Crippen LogP contribution in [-0.4, -0.2) is 49.3 Å². The molecule has 3 N–H and O–H groups in total. The third-order valence-corrected chi connectivity index (χ3v) is 17.1. The van der Waals surface area contributed by atoms with Crippen LogP contribution >= 0.6 is 7.82 Å². The fourth-order valence-corrected chi connectivity index (χ4v) is 11.7. The van der Waals surface area contributed by atoms with Crippen molar-refractivity contribution in [2.45, 2.75) is 392 Å². The van der Waals surface area contributed by atoms with Gasteiger partial charge in [0.2, 0.25) is 0 Å². The van der Waals surface area contributed by atoms with Crippen molar-refractivity contribution in [1.29, 1.82) is 0 Å². The average molecular weight is 1140 g/mol. The average Bonchev–Trinajstić information content (AvgIpc) is 3.44. The highest BCUT2D eigenvalue weighted by molar-refractivity contribution is 7.47. The van der Waals surface area contributed by atoms with Crippen molar-refractivity contribution in [3.05, 3.63) is 12.2 Å². The van der Waals surface area contributed by atoms with Crippen molar-refractivity contribution in [3.63, 3.8) is 0 Å². The molecule has 470 valence electrons. The van der Waals surface area contributed by atoms with Crippen molar-refractivity contribution in [1.82, 2.24) is 0 Å². The van der Waals surface area contributed by atoms with E-state index in [1.165, 1.54) is 315 Å². The second kappa shape index (κ2) is 65.9. The molecule has 0 fully saturated rings. The SMILES string of the molecule is CCCCCCCCCC/C=C\CCCCCCCCCCCC(=O)OC(COC(=O)CCCCCCCCCCCCCCCCCCCCCCCCCCCCCCCCCCCCCCC)COP(=O)(O)OCCN. The number of carbonyl (C=O) groups is 2. The first-order valence-electron chi connectivity index (χ1n) is 35.2. The molecule has 10 heteroatoms. The van der Waals surface area contributed by atoms with Gasteiger partial charge in [-0.1, -0.05) is 347 Å². The van der Waals surface area contributed by atoms with Crippen LogP contribution in [0, 0.1) is 0 Å². The molecule has 0 aliphatic heterocycles. The van der Waals surface area contributed by atoms with Crippen LogP contribution in [0.3, 0.4) is 0 Å². The first-order chi connectivity index (χ1) is 38.8. The molecule has 0 radical (unpaired) electrons. The molecule has 0 spiro atoms. The molecule has 0 saturated heterocycles. The summed E-state index contributed by atoms with van der Waals surface area (Å²) < 4.78 is 33.1. The lowest BCUT2D eigenvalue weighted by atomic mass is 10.0. The number of hydrogen-bond donors (Lipinski definition) is 2. The molecule has 2 atom stereocenters. The molecular weight excluding hydrogens is 1000 g/mol. The summed E-state index contributed by atoms with van der Waals surface area (Å²) in [5, 5.41) is 0. The summed E-state index contributed by atoms with van der Waals surface area (Å²) in [6.07, 6.45) is 79.0. The van der Waals surface area contributed by atoms with Crippen LogP contribution in [-0.2, 0) is 32.7 Å². The van der Waals surface area contributed by atoms with E-state index in [0.29, 0.717) is 6.42 Å². The summed E-state index contributed by atoms with van der Waals surface area (Å²) in [6, 6.07) is 0. The van der Waals surface area contributed by atoms with E-state index in [1.807, 2.05) is 0 Å². The Kier molecular flexibility index (Phi) is 64.9. The fraction of sp³-hybridized carbons (Fsp3) is 0.942. The van der Waals surface area contributed by atoms with Crippen LogP contribution in [0.2, 0.25) is 0 Å². The van der Waals surface area contributed by atoms with Gasteiger partial charge in [-0.05, 0) is 38.5 Å². The number of nitrogens with two attached hydrogens (primary N) is 1. The molecule has 0 aliphatic rings. The fourth-order valence-electron chi connectivity index (χ4n) is 10.9. The molecule has 2 unspecified atom stereocenters. The monoisotopic (exact) mass is 1140 g/mol. The number of ether oxygens (including phenoxy) is 2. The van der Waals surface area contributed by atoms with Gasteiger partial charge in [0.1, 0.15) is 6.61 Å². The van der Waals surface area contributed by atoms with Crippen LogP contribution in [0.15, 0.2) is 12.2 Å². The first kappa shape index (κ1) is 77.8. The van der Waals surface area contributed by atoms with E-state index in [1.54, 1.807) is 0 Å². The zero-order valence-corrected chi connectivity index (χ0v) is 53.8. The van der Waals surface area contributed by atoms with E-state index >= 15 is 0 Å². The van der Waals surface area contributed by atoms with Gasteiger partial charge in [-0.15, -0.1) is 0 Å². The van der Waals surface area contributed by atoms with Crippen molar-refractivity contribution >= 4 is 19.8 Å². The molecule has 0 rings (SSSR count). The summed E-state index contributed by atoms with van der Waals surface area (Å²) in [5.41, 5.74) is 5.40. The minimum absolute atomic E-state index is 0.0566.